The highest BCUT2D eigenvalue weighted by Crippen LogP contribution is 2.31. The number of benzene rings is 1. The van der Waals surface area contributed by atoms with Gasteiger partial charge in [-0.05, 0) is 42.9 Å². The van der Waals surface area contributed by atoms with Gasteiger partial charge in [-0.2, -0.15) is 0 Å². The molecule has 0 radical (unpaired) electrons. The third-order valence-corrected chi connectivity index (χ3v) is 3.52. The molecule has 0 amide bonds. The number of anilines is 2. The van der Waals surface area contributed by atoms with Gasteiger partial charge in [-0.25, -0.2) is 0 Å². The van der Waals surface area contributed by atoms with Gasteiger partial charge in [-0.3, -0.25) is 0 Å². The Morgan fingerprint density at radius 2 is 2.18 bits per heavy atom. The maximum absolute atomic E-state index is 3.50. The maximum Gasteiger partial charge on any atom is 0.0416 e. The van der Waals surface area contributed by atoms with E-state index in [4.69, 9.17) is 0 Å². The van der Waals surface area contributed by atoms with Crippen LogP contribution in [0.2, 0.25) is 0 Å². The SMILES string of the molecule is CC(C)CCN(C)c1cccc2c1CCCN2. The molecule has 0 fully saturated rings. The van der Waals surface area contributed by atoms with E-state index >= 15 is 0 Å². The van der Waals surface area contributed by atoms with Crippen LogP contribution in [0.15, 0.2) is 18.2 Å². The topological polar surface area (TPSA) is 15.3 Å². The summed E-state index contributed by atoms with van der Waals surface area (Å²) in [6.07, 6.45) is 3.72. The molecule has 2 heteroatoms. The molecule has 94 valence electrons. The second-order valence-corrected chi connectivity index (χ2v) is 5.44. The highest BCUT2D eigenvalue weighted by atomic mass is 15.1. The number of nitrogens with one attached hydrogen (secondary N) is 1. The molecule has 0 unspecified atom stereocenters. The smallest absolute Gasteiger partial charge is 0.0416 e. The van der Waals surface area contributed by atoms with Crippen LogP contribution in [0.25, 0.3) is 0 Å². The summed E-state index contributed by atoms with van der Waals surface area (Å²) in [6, 6.07) is 6.62. The molecular formula is C15H24N2. The molecule has 1 heterocycles. The first-order valence-corrected chi connectivity index (χ1v) is 6.75. The first-order chi connectivity index (χ1) is 8.18. The van der Waals surface area contributed by atoms with Gasteiger partial charge in [0.05, 0.1) is 0 Å². The largest absolute Gasteiger partial charge is 0.385 e. The normalized spacial score (nSPS) is 14.4. The van der Waals surface area contributed by atoms with E-state index < -0.39 is 0 Å². The van der Waals surface area contributed by atoms with Crippen molar-refractivity contribution in [3.05, 3.63) is 23.8 Å². The molecule has 0 spiro atoms. The molecule has 1 aromatic carbocycles. The first kappa shape index (κ1) is 12.3. The van der Waals surface area contributed by atoms with Gasteiger partial charge in [-0.1, -0.05) is 19.9 Å². The minimum Gasteiger partial charge on any atom is -0.385 e. The summed E-state index contributed by atoms with van der Waals surface area (Å²) in [5, 5.41) is 3.50. The molecule has 0 aromatic heterocycles. The van der Waals surface area contributed by atoms with E-state index in [9.17, 15) is 0 Å². The lowest BCUT2D eigenvalue weighted by atomic mass is 10.0. The van der Waals surface area contributed by atoms with Crippen LogP contribution in [-0.2, 0) is 6.42 Å². The number of fused-ring (bicyclic) bond motifs is 1. The Bertz CT molecular complexity index is 371. The Balaban J connectivity index is 2.14. The predicted octanol–water partition coefficient (Wildman–Crippen LogP) is 3.53. The summed E-state index contributed by atoms with van der Waals surface area (Å²) in [5.41, 5.74) is 4.26. The Morgan fingerprint density at radius 3 is 2.94 bits per heavy atom. The van der Waals surface area contributed by atoms with E-state index in [1.54, 1.807) is 0 Å². The lowest BCUT2D eigenvalue weighted by Crippen LogP contribution is -2.23. The summed E-state index contributed by atoms with van der Waals surface area (Å²) in [4.78, 5) is 2.41. The average molecular weight is 232 g/mol. The molecular weight excluding hydrogens is 208 g/mol. The van der Waals surface area contributed by atoms with Gasteiger partial charge in [0.25, 0.3) is 0 Å². The molecule has 2 nitrogen and oxygen atoms in total. The molecule has 1 aliphatic heterocycles. The lowest BCUT2D eigenvalue weighted by Gasteiger charge is -2.27. The summed E-state index contributed by atoms with van der Waals surface area (Å²) >= 11 is 0. The van der Waals surface area contributed by atoms with Gasteiger partial charge < -0.3 is 10.2 Å². The average Bonchev–Trinajstić information content (AvgIpc) is 2.35. The molecule has 0 saturated heterocycles. The number of rotatable bonds is 4. The second kappa shape index (κ2) is 5.44. The lowest BCUT2D eigenvalue weighted by molar-refractivity contribution is 0.584. The van der Waals surface area contributed by atoms with Gasteiger partial charge in [-0.15, -0.1) is 0 Å². The van der Waals surface area contributed by atoms with Crippen molar-refractivity contribution in [1.29, 1.82) is 0 Å². The van der Waals surface area contributed by atoms with Crippen molar-refractivity contribution in [3.63, 3.8) is 0 Å². The van der Waals surface area contributed by atoms with Crippen LogP contribution in [0.4, 0.5) is 11.4 Å². The van der Waals surface area contributed by atoms with Crippen LogP contribution >= 0.6 is 0 Å². The summed E-state index contributed by atoms with van der Waals surface area (Å²) < 4.78 is 0. The van der Waals surface area contributed by atoms with E-state index in [0.29, 0.717) is 0 Å². The van der Waals surface area contributed by atoms with Gasteiger partial charge >= 0.3 is 0 Å². The number of hydrogen-bond acceptors (Lipinski definition) is 2. The summed E-state index contributed by atoms with van der Waals surface area (Å²) in [7, 11) is 2.21. The number of nitrogens with zero attached hydrogens (tertiary/aromatic N) is 1. The molecule has 1 aliphatic rings. The maximum atomic E-state index is 3.50. The van der Waals surface area contributed by atoms with Crippen LogP contribution in [-0.4, -0.2) is 20.1 Å². The fourth-order valence-corrected chi connectivity index (χ4v) is 2.42. The fraction of sp³-hybridized carbons (Fsp3) is 0.600. The molecule has 0 bridgehead atoms. The zero-order valence-corrected chi connectivity index (χ0v) is 11.3. The highest BCUT2D eigenvalue weighted by molar-refractivity contribution is 5.67. The minimum absolute atomic E-state index is 0.773. The van der Waals surface area contributed by atoms with E-state index in [0.717, 1.165) is 19.0 Å². The van der Waals surface area contributed by atoms with Crippen LogP contribution in [0.3, 0.4) is 0 Å². The van der Waals surface area contributed by atoms with Crippen molar-refractivity contribution in [2.75, 3.05) is 30.4 Å². The molecule has 2 rings (SSSR count). The third kappa shape index (κ3) is 2.93. The molecule has 17 heavy (non-hydrogen) atoms. The van der Waals surface area contributed by atoms with E-state index in [1.165, 1.54) is 36.2 Å². The van der Waals surface area contributed by atoms with Crippen molar-refractivity contribution in [2.45, 2.75) is 33.1 Å². The van der Waals surface area contributed by atoms with Crippen LogP contribution < -0.4 is 10.2 Å². The molecule has 0 atom stereocenters. The summed E-state index contributed by atoms with van der Waals surface area (Å²) in [5.74, 6) is 0.773. The van der Waals surface area contributed by atoms with Crippen molar-refractivity contribution >= 4 is 11.4 Å². The molecule has 0 saturated carbocycles. The zero-order valence-electron chi connectivity index (χ0n) is 11.3. The molecule has 1 aromatic rings. The van der Waals surface area contributed by atoms with E-state index in [-0.39, 0.29) is 0 Å². The Hall–Kier alpha value is -1.18. The minimum atomic E-state index is 0.773. The molecule has 0 aliphatic carbocycles. The highest BCUT2D eigenvalue weighted by Gasteiger charge is 2.14. The molecule has 1 N–H and O–H groups in total. The fourth-order valence-electron chi connectivity index (χ4n) is 2.42. The third-order valence-electron chi connectivity index (χ3n) is 3.52. The summed E-state index contributed by atoms with van der Waals surface area (Å²) in [6.45, 7) is 6.84. The van der Waals surface area contributed by atoms with Gasteiger partial charge in [0.2, 0.25) is 0 Å². The standard InChI is InChI=1S/C15H24N2/c1-12(2)9-11-17(3)15-8-4-7-14-13(15)6-5-10-16-14/h4,7-8,12,16H,5-6,9-11H2,1-3H3. The predicted molar refractivity (Wildman–Crippen MR) is 76.0 cm³/mol. The number of hydrogen-bond donors (Lipinski definition) is 1. The van der Waals surface area contributed by atoms with Crippen molar-refractivity contribution in [3.8, 4) is 0 Å². The quantitative estimate of drug-likeness (QED) is 0.854. The second-order valence-electron chi connectivity index (χ2n) is 5.44. The van der Waals surface area contributed by atoms with Crippen LogP contribution in [0.1, 0.15) is 32.3 Å². The first-order valence-electron chi connectivity index (χ1n) is 6.75. The van der Waals surface area contributed by atoms with Gasteiger partial charge in [0.15, 0.2) is 0 Å². The van der Waals surface area contributed by atoms with E-state index in [2.05, 4.69) is 49.3 Å². The zero-order chi connectivity index (χ0) is 12.3. The van der Waals surface area contributed by atoms with Gasteiger partial charge in [0.1, 0.15) is 0 Å². The van der Waals surface area contributed by atoms with E-state index in [1.807, 2.05) is 0 Å². The van der Waals surface area contributed by atoms with Crippen LogP contribution in [0.5, 0.6) is 0 Å². The monoisotopic (exact) mass is 232 g/mol. The Morgan fingerprint density at radius 1 is 1.35 bits per heavy atom. The Labute approximate surface area is 105 Å². The van der Waals surface area contributed by atoms with Crippen LogP contribution in [0, 0.1) is 5.92 Å². The Kier molecular flexibility index (Phi) is 3.93. The van der Waals surface area contributed by atoms with Crippen molar-refractivity contribution in [1.82, 2.24) is 0 Å². The van der Waals surface area contributed by atoms with Crippen molar-refractivity contribution < 1.29 is 0 Å². The van der Waals surface area contributed by atoms with Crippen molar-refractivity contribution in [2.24, 2.45) is 5.92 Å². The van der Waals surface area contributed by atoms with Gasteiger partial charge in [0, 0.05) is 31.5 Å².